The molecule has 4 unspecified atom stereocenters. The second kappa shape index (κ2) is 3.84. The maximum Gasteiger partial charge on any atom is 0.308 e. The summed E-state index contributed by atoms with van der Waals surface area (Å²) in [7, 11) is 0. The Hall–Kier alpha value is -0.280. The number of hydrogen-bond acceptors (Lipinski definition) is 2. The second-order valence-corrected chi connectivity index (χ2v) is 4.12. The van der Waals surface area contributed by atoms with Gasteiger partial charge in [-0.1, -0.05) is 12.8 Å². The van der Waals surface area contributed by atoms with Gasteiger partial charge in [0, 0.05) is 6.04 Å². The molecule has 0 saturated heterocycles. The number of nitrogens with two attached hydrogens (primary N) is 1. The van der Waals surface area contributed by atoms with Gasteiger partial charge in [-0.25, -0.2) is 0 Å². The molecule has 0 aromatic carbocycles. The Labute approximate surface area is 84.1 Å². The Kier molecular flexibility index (Phi) is 3.19. The van der Waals surface area contributed by atoms with Crippen molar-refractivity contribution in [2.24, 2.45) is 23.5 Å². The van der Waals surface area contributed by atoms with Crippen molar-refractivity contribution in [3.63, 3.8) is 0 Å². The van der Waals surface area contributed by atoms with E-state index >= 15 is 0 Å². The first-order chi connectivity index (χ1) is 5.70. The van der Waals surface area contributed by atoms with Crippen LogP contribution in [-0.2, 0) is 4.79 Å². The Morgan fingerprint density at radius 3 is 2.69 bits per heavy atom. The molecule has 3 N–H and O–H groups in total. The smallest absolute Gasteiger partial charge is 0.308 e. The van der Waals surface area contributed by atoms with Gasteiger partial charge in [0.2, 0.25) is 0 Å². The van der Waals surface area contributed by atoms with Gasteiger partial charge >= 0.3 is 5.97 Å². The number of hydrogen-bond donors (Lipinski definition) is 2. The van der Waals surface area contributed by atoms with E-state index in [0.717, 1.165) is 12.8 Å². The number of fused-ring (bicyclic) bond motifs is 1. The predicted molar refractivity (Wildman–Crippen MR) is 51.8 cm³/mol. The monoisotopic (exact) mass is 205 g/mol. The Bertz CT molecular complexity index is 210. The molecule has 0 bridgehead atoms. The van der Waals surface area contributed by atoms with Crippen LogP contribution in [0.5, 0.6) is 0 Å². The van der Waals surface area contributed by atoms with E-state index in [-0.39, 0.29) is 24.4 Å². The topological polar surface area (TPSA) is 63.3 Å². The average Bonchev–Trinajstić information content (AvgIpc) is 2.44. The number of halogens is 1. The van der Waals surface area contributed by atoms with Crippen LogP contribution in [0.15, 0.2) is 0 Å². The normalized spacial score (nSPS) is 42.5. The summed E-state index contributed by atoms with van der Waals surface area (Å²) in [5, 5.41) is 8.95. The van der Waals surface area contributed by atoms with Crippen LogP contribution in [0, 0.1) is 17.8 Å². The molecule has 2 rings (SSSR count). The van der Waals surface area contributed by atoms with Crippen molar-refractivity contribution in [3.8, 4) is 0 Å². The lowest BCUT2D eigenvalue weighted by molar-refractivity contribution is -0.143. The quantitative estimate of drug-likeness (QED) is 0.678. The molecule has 13 heavy (non-hydrogen) atoms. The third kappa shape index (κ3) is 1.67. The van der Waals surface area contributed by atoms with E-state index in [2.05, 4.69) is 0 Å². The summed E-state index contributed by atoms with van der Waals surface area (Å²) in [4.78, 5) is 10.9. The zero-order valence-electron chi connectivity index (χ0n) is 7.48. The lowest BCUT2D eigenvalue weighted by Gasteiger charge is -2.15. The van der Waals surface area contributed by atoms with Gasteiger partial charge in [-0.05, 0) is 24.7 Å². The van der Waals surface area contributed by atoms with E-state index in [1.165, 1.54) is 12.8 Å². The van der Waals surface area contributed by atoms with Crippen LogP contribution >= 0.6 is 12.4 Å². The zero-order chi connectivity index (χ0) is 8.72. The molecule has 0 spiro atoms. The molecule has 76 valence electrons. The van der Waals surface area contributed by atoms with Crippen molar-refractivity contribution in [1.82, 2.24) is 0 Å². The molecular weight excluding hydrogens is 190 g/mol. The van der Waals surface area contributed by atoms with Crippen molar-refractivity contribution < 1.29 is 9.90 Å². The largest absolute Gasteiger partial charge is 0.481 e. The first-order valence-electron chi connectivity index (χ1n) is 4.68. The van der Waals surface area contributed by atoms with Gasteiger partial charge in [0.1, 0.15) is 0 Å². The molecule has 0 aromatic rings. The number of carbonyl (C=O) groups is 1. The van der Waals surface area contributed by atoms with Gasteiger partial charge in [0.05, 0.1) is 5.92 Å². The lowest BCUT2D eigenvalue weighted by atomic mass is 9.91. The van der Waals surface area contributed by atoms with Crippen LogP contribution in [-0.4, -0.2) is 17.1 Å². The molecule has 0 heterocycles. The number of rotatable bonds is 1. The van der Waals surface area contributed by atoms with Crippen LogP contribution < -0.4 is 5.73 Å². The highest BCUT2D eigenvalue weighted by molar-refractivity contribution is 5.85. The fraction of sp³-hybridized carbons (Fsp3) is 0.889. The highest BCUT2D eigenvalue weighted by atomic mass is 35.5. The third-order valence-electron chi connectivity index (χ3n) is 3.50. The summed E-state index contributed by atoms with van der Waals surface area (Å²) in [5.74, 6) is 0.0630. The zero-order valence-corrected chi connectivity index (χ0v) is 8.30. The molecule has 3 nitrogen and oxygen atoms in total. The standard InChI is InChI=1S/C9H15NO2.ClH/c10-7-4-5-2-1-3-6(5)8(7)9(11)12;/h5-8H,1-4,10H2,(H,11,12);1H. The van der Waals surface area contributed by atoms with Gasteiger partial charge in [0.15, 0.2) is 0 Å². The molecule has 2 saturated carbocycles. The molecule has 2 aliphatic rings. The minimum Gasteiger partial charge on any atom is -0.481 e. The Morgan fingerprint density at radius 1 is 1.38 bits per heavy atom. The third-order valence-corrected chi connectivity index (χ3v) is 3.50. The summed E-state index contributed by atoms with van der Waals surface area (Å²) in [6.45, 7) is 0. The highest BCUT2D eigenvalue weighted by Gasteiger charge is 2.47. The van der Waals surface area contributed by atoms with Crippen molar-refractivity contribution in [1.29, 1.82) is 0 Å². The van der Waals surface area contributed by atoms with E-state index in [1.54, 1.807) is 0 Å². The minimum absolute atomic E-state index is 0. The summed E-state index contributed by atoms with van der Waals surface area (Å²) in [5.41, 5.74) is 5.79. The van der Waals surface area contributed by atoms with Gasteiger partial charge in [0.25, 0.3) is 0 Å². The summed E-state index contributed by atoms with van der Waals surface area (Å²) in [6.07, 6.45) is 4.41. The van der Waals surface area contributed by atoms with Crippen LogP contribution in [0.25, 0.3) is 0 Å². The van der Waals surface area contributed by atoms with E-state index in [0.29, 0.717) is 11.8 Å². The van der Waals surface area contributed by atoms with Crippen molar-refractivity contribution in [2.45, 2.75) is 31.7 Å². The first kappa shape index (κ1) is 10.8. The molecule has 0 radical (unpaired) electrons. The van der Waals surface area contributed by atoms with E-state index in [1.807, 2.05) is 0 Å². The lowest BCUT2D eigenvalue weighted by Crippen LogP contribution is -2.33. The van der Waals surface area contributed by atoms with Gasteiger partial charge < -0.3 is 10.8 Å². The molecule has 4 atom stereocenters. The number of carboxylic acid groups (broad SMARTS) is 1. The van der Waals surface area contributed by atoms with Crippen molar-refractivity contribution in [2.75, 3.05) is 0 Å². The van der Waals surface area contributed by atoms with E-state index in [9.17, 15) is 4.79 Å². The average molecular weight is 206 g/mol. The van der Waals surface area contributed by atoms with E-state index in [4.69, 9.17) is 10.8 Å². The van der Waals surface area contributed by atoms with Crippen LogP contribution in [0.2, 0.25) is 0 Å². The second-order valence-electron chi connectivity index (χ2n) is 4.12. The number of aliphatic carboxylic acids is 1. The first-order valence-corrected chi connectivity index (χ1v) is 4.68. The van der Waals surface area contributed by atoms with Gasteiger partial charge in [-0.3, -0.25) is 4.79 Å². The van der Waals surface area contributed by atoms with Crippen molar-refractivity contribution >= 4 is 18.4 Å². The van der Waals surface area contributed by atoms with Gasteiger partial charge in [-0.15, -0.1) is 12.4 Å². The maximum absolute atomic E-state index is 10.9. The molecular formula is C9H16ClNO2. The molecule has 0 aromatic heterocycles. The fourth-order valence-electron chi connectivity index (χ4n) is 3.01. The Morgan fingerprint density at radius 2 is 2.08 bits per heavy atom. The highest BCUT2D eigenvalue weighted by Crippen LogP contribution is 2.46. The molecule has 0 aliphatic heterocycles. The van der Waals surface area contributed by atoms with Crippen molar-refractivity contribution in [3.05, 3.63) is 0 Å². The SMILES string of the molecule is Cl.NC1CC2CCCC2C1C(=O)O. The summed E-state index contributed by atoms with van der Waals surface area (Å²) < 4.78 is 0. The fourth-order valence-corrected chi connectivity index (χ4v) is 3.01. The van der Waals surface area contributed by atoms with Crippen LogP contribution in [0.3, 0.4) is 0 Å². The van der Waals surface area contributed by atoms with E-state index < -0.39 is 5.97 Å². The van der Waals surface area contributed by atoms with Crippen LogP contribution in [0.1, 0.15) is 25.7 Å². The molecule has 0 amide bonds. The summed E-state index contributed by atoms with van der Waals surface area (Å²) in [6, 6.07) is -0.0854. The predicted octanol–water partition coefficient (Wildman–Crippen LogP) is 1.26. The molecule has 2 fully saturated rings. The maximum atomic E-state index is 10.9. The minimum atomic E-state index is -0.683. The van der Waals surface area contributed by atoms with Crippen LogP contribution in [0.4, 0.5) is 0 Å². The molecule has 2 aliphatic carbocycles. The van der Waals surface area contributed by atoms with Gasteiger partial charge in [-0.2, -0.15) is 0 Å². The Balaban J connectivity index is 0.000000845. The molecule has 4 heteroatoms. The number of carboxylic acids is 1. The summed E-state index contributed by atoms with van der Waals surface area (Å²) >= 11 is 0.